The second-order valence-corrected chi connectivity index (χ2v) is 4.72. The first-order chi connectivity index (χ1) is 9.06. The molecule has 0 aliphatic rings. The van der Waals surface area contributed by atoms with Gasteiger partial charge in [-0.3, -0.25) is 0 Å². The van der Waals surface area contributed by atoms with Gasteiger partial charge in [-0.2, -0.15) is 0 Å². The second kappa shape index (κ2) is 5.27. The van der Waals surface area contributed by atoms with Crippen molar-refractivity contribution in [1.29, 1.82) is 0 Å². The lowest BCUT2D eigenvalue weighted by atomic mass is 10.1. The highest BCUT2D eigenvalue weighted by molar-refractivity contribution is 7.13. The van der Waals surface area contributed by atoms with E-state index < -0.39 is 5.97 Å². The number of hydrogen-bond acceptors (Lipinski definition) is 5. The highest BCUT2D eigenvalue weighted by Crippen LogP contribution is 2.37. The van der Waals surface area contributed by atoms with Crippen LogP contribution in [0.5, 0.6) is 11.5 Å². The average Bonchev–Trinajstić information content (AvgIpc) is 2.88. The van der Waals surface area contributed by atoms with Gasteiger partial charge in [0.2, 0.25) is 0 Å². The maximum Gasteiger partial charge on any atom is 0.355 e. The molecule has 5 nitrogen and oxygen atoms in total. The molecule has 1 aromatic carbocycles. The molecule has 0 saturated heterocycles. The fourth-order valence-electron chi connectivity index (χ4n) is 1.71. The van der Waals surface area contributed by atoms with Crippen molar-refractivity contribution >= 4 is 17.3 Å². The number of aromatic carboxylic acids is 1. The van der Waals surface area contributed by atoms with Crippen molar-refractivity contribution in [1.82, 2.24) is 4.98 Å². The molecule has 0 amide bonds. The summed E-state index contributed by atoms with van der Waals surface area (Å²) >= 11 is 1.26. The van der Waals surface area contributed by atoms with E-state index in [2.05, 4.69) is 4.98 Å². The average molecular weight is 279 g/mol. The molecule has 0 aliphatic heterocycles. The Morgan fingerprint density at radius 1 is 1.26 bits per heavy atom. The number of aryl methyl sites for hydroxylation is 1. The van der Waals surface area contributed by atoms with Crippen LogP contribution in [0.25, 0.3) is 10.6 Å². The van der Waals surface area contributed by atoms with Crippen molar-refractivity contribution in [2.45, 2.75) is 6.92 Å². The van der Waals surface area contributed by atoms with Crippen LogP contribution < -0.4 is 9.47 Å². The minimum atomic E-state index is -1.04. The molecule has 0 radical (unpaired) electrons. The van der Waals surface area contributed by atoms with Crippen molar-refractivity contribution in [2.75, 3.05) is 14.2 Å². The van der Waals surface area contributed by atoms with Gasteiger partial charge in [0.15, 0.2) is 5.69 Å². The molecule has 0 aliphatic carbocycles. The number of carbonyl (C=O) groups is 1. The zero-order valence-electron chi connectivity index (χ0n) is 10.8. The highest BCUT2D eigenvalue weighted by atomic mass is 32.1. The van der Waals surface area contributed by atoms with Gasteiger partial charge in [0, 0.05) is 5.38 Å². The maximum atomic E-state index is 10.9. The molecule has 1 aromatic heterocycles. The van der Waals surface area contributed by atoms with E-state index in [-0.39, 0.29) is 5.69 Å². The molecule has 0 atom stereocenters. The second-order valence-electron chi connectivity index (χ2n) is 3.87. The van der Waals surface area contributed by atoms with E-state index in [1.54, 1.807) is 20.3 Å². The summed E-state index contributed by atoms with van der Waals surface area (Å²) < 4.78 is 10.6. The Kier molecular flexibility index (Phi) is 3.71. The van der Waals surface area contributed by atoms with E-state index in [9.17, 15) is 4.79 Å². The Morgan fingerprint density at radius 3 is 2.47 bits per heavy atom. The largest absolute Gasteiger partial charge is 0.496 e. The predicted octanol–water partition coefficient (Wildman–Crippen LogP) is 2.83. The smallest absolute Gasteiger partial charge is 0.355 e. The van der Waals surface area contributed by atoms with Gasteiger partial charge in [-0.25, -0.2) is 9.78 Å². The van der Waals surface area contributed by atoms with Crippen molar-refractivity contribution in [3.05, 3.63) is 28.8 Å². The molecule has 0 saturated carbocycles. The number of thiazole rings is 1. The van der Waals surface area contributed by atoms with E-state index >= 15 is 0 Å². The molecule has 2 rings (SSSR count). The summed E-state index contributed by atoms with van der Waals surface area (Å²) in [6.07, 6.45) is 0. The van der Waals surface area contributed by atoms with Gasteiger partial charge in [-0.1, -0.05) is 0 Å². The Hall–Kier alpha value is -2.08. The Bertz CT molecular complexity index is 621. The van der Waals surface area contributed by atoms with Crippen LogP contribution in [0.1, 0.15) is 16.1 Å². The lowest BCUT2D eigenvalue weighted by Crippen LogP contribution is -1.97. The van der Waals surface area contributed by atoms with Crippen molar-refractivity contribution < 1.29 is 19.4 Å². The third-order valence-corrected chi connectivity index (χ3v) is 3.55. The fourth-order valence-corrected chi connectivity index (χ4v) is 2.53. The number of carboxylic acids is 1. The van der Waals surface area contributed by atoms with Gasteiger partial charge in [0.25, 0.3) is 0 Å². The SMILES string of the molecule is COc1cc(-c2nc(C(=O)O)cs2)c(OC)cc1C. The quantitative estimate of drug-likeness (QED) is 0.932. The summed E-state index contributed by atoms with van der Waals surface area (Å²) in [6.45, 7) is 1.91. The minimum Gasteiger partial charge on any atom is -0.496 e. The predicted molar refractivity (Wildman–Crippen MR) is 72.4 cm³/mol. The number of methoxy groups -OCH3 is 2. The third-order valence-electron chi connectivity index (χ3n) is 2.67. The van der Waals surface area contributed by atoms with E-state index in [0.29, 0.717) is 16.5 Å². The number of nitrogens with zero attached hydrogens (tertiary/aromatic N) is 1. The van der Waals surface area contributed by atoms with Crippen LogP contribution in [-0.4, -0.2) is 30.3 Å². The highest BCUT2D eigenvalue weighted by Gasteiger charge is 2.16. The third kappa shape index (κ3) is 2.53. The molecule has 0 fully saturated rings. The zero-order chi connectivity index (χ0) is 14.0. The van der Waals surface area contributed by atoms with Gasteiger partial charge >= 0.3 is 5.97 Å². The zero-order valence-corrected chi connectivity index (χ0v) is 11.6. The van der Waals surface area contributed by atoms with E-state index in [0.717, 1.165) is 11.1 Å². The van der Waals surface area contributed by atoms with Crippen molar-refractivity contribution in [3.8, 4) is 22.1 Å². The number of benzene rings is 1. The van der Waals surface area contributed by atoms with Crippen LogP contribution in [0.2, 0.25) is 0 Å². The van der Waals surface area contributed by atoms with Gasteiger partial charge in [-0.15, -0.1) is 11.3 Å². The number of rotatable bonds is 4. The first-order valence-electron chi connectivity index (χ1n) is 5.48. The lowest BCUT2D eigenvalue weighted by Gasteiger charge is -2.11. The van der Waals surface area contributed by atoms with E-state index in [1.165, 1.54) is 16.7 Å². The van der Waals surface area contributed by atoms with Crippen LogP contribution in [0.3, 0.4) is 0 Å². The van der Waals surface area contributed by atoms with Crippen LogP contribution in [0.4, 0.5) is 0 Å². The van der Waals surface area contributed by atoms with E-state index in [1.807, 2.05) is 13.0 Å². The number of hydrogen-bond donors (Lipinski definition) is 1. The van der Waals surface area contributed by atoms with Gasteiger partial charge in [-0.05, 0) is 24.6 Å². The molecular weight excluding hydrogens is 266 g/mol. The number of carboxylic acid groups (broad SMARTS) is 1. The summed E-state index contributed by atoms with van der Waals surface area (Å²) in [5.41, 5.74) is 1.70. The summed E-state index contributed by atoms with van der Waals surface area (Å²) in [5, 5.41) is 11.0. The van der Waals surface area contributed by atoms with Crippen molar-refractivity contribution in [2.24, 2.45) is 0 Å². The molecule has 1 heterocycles. The lowest BCUT2D eigenvalue weighted by molar-refractivity contribution is 0.0691. The minimum absolute atomic E-state index is 0.0293. The summed E-state index contributed by atoms with van der Waals surface area (Å²) in [5.74, 6) is 0.313. The maximum absolute atomic E-state index is 10.9. The molecule has 0 bridgehead atoms. The van der Waals surface area contributed by atoms with Gasteiger partial charge < -0.3 is 14.6 Å². The molecule has 2 aromatic rings. The number of ether oxygens (including phenoxy) is 2. The molecule has 6 heteroatoms. The summed E-state index contributed by atoms with van der Waals surface area (Å²) in [7, 11) is 3.15. The Balaban J connectivity index is 2.55. The Morgan fingerprint density at radius 2 is 1.95 bits per heavy atom. The molecule has 1 N–H and O–H groups in total. The van der Waals surface area contributed by atoms with Crippen LogP contribution >= 0.6 is 11.3 Å². The first-order valence-corrected chi connectivity index (χ1v) is 6.36. The normalized spacial score (nSPS) is 10.3. The van der Waals surface area contributed by atoms with E-state index in [4.69, 9.17) is 14.6 Å². The van der Waals surface area contributed by atoms with Gasteiger partial charge in [0.05, 0.1) is 19.8 Å². The first kappa shape index (κ1) is 13.4. The summed E-state index contributed by atoms with van der Waals surface area (Å²) in [4.78, 5) is 14.9. The Labute approximate surface area is 114 Å². The molecule has 100 valence electrons. The topological polar surface area (TPSA) is 68.7 Å². The monoisotopic (exact) mass is 279 g/mol. The molecule has 0 unspecified atom stereocenters. The molecular formula is C13H13NO4S. The molecule has 19 heavy (non-hydrogen) atoms. The van der Waals surface area contributed by atoms with Crippen molar-refractivity contribution in [3.63, 3.8) is 0 Å². The van der Waals surface area contributed by atoms with Crippen LogP contribution in [0.15, 0.2) is 17.5 Å². The molecule has 0 spiro atoms. The fraction of sp³-hybridized carbons (Fsp3) is 0.231. The van der Waals surface area contributed by atoms with Crippen LogP contribution in [-0.2, 0) is 0 Å². The van der Waals surface area contributed by atoms with Gasteiger partial charge in [0.1, 0.15) is 16.5 Å². The standard InChI is InChI=1S/C13H13NO4S/c1-7-4-11(18-3)8(5-10(7)17-2)12-14-9(6-19-12)13(15)16/h4-6H,1-3H3,(H,15,16). The summed E-state index contributed by atoms with van der Waals surface area (Å²) in [6, 6.07) is 3.65. The van der Waals surface area contributed by atoms with Crippen LogP contribution in [0, 0.1) is 6.92 Å². The number of aromatic nitrogens is 1.